The zero-order valence-corrected chi connectivity index (χ0v) is 43.3. The molecule has 0 radical (unpaired) electrons. The lowest BCUT2D eigenvalue weighted by Gasteiger charge is -2.61. The van der Waals surface area contributed by atoms with Gasteiger partial charge in [-0.15, -0.1) is 0 Å². The second-order valence-corrected chi connectivity index (χ2v) is 23.6. The van der Waals surface area contributed by atoms with Gasteiger partial charge in [-0.3, -0.25) is 19.2 Å². The number of amides is 4. The number of aliphatic hydroxyl groups excluding tert-OH is 1. The zero-order valence-electron chi connectivity index (χ0n) is 42.6. The summed E-state index contributed by atoms with van der Waals surface area (Å²) in [6.45, 7) is 9.04. The van der Waals surface area contributed by atoms with E-state index in [0.29, 0.717) is 94.7 Å². The summed E-state index contributed by atoms with van der Waals surface area (Å²) in [4.78, 5) is 76.0. The number of nitrogens with zero attached hydrogens (tertiary/aromatic N) is 7. The van der Waals surface area contributed by atoms with Crippen molar-refractivity contribution >= 4 is 41.0 Å². The summed E-state index contributed by atoms with van der Waals surface area (Å²) in [5.41, 5.74) is 2.98. The van der Waals surface area contributed by atoms with Crippen molar-refractivity contribution in [3.8, 4) is 0 Å². The molecule has 3 aromatic rings. The molecular weight excluding hydrogens is 947 g/mol. The number of halogens is 2. The van der Waals surface area contributed by atoms with Crippen molar-refractivity contribution in [2.45, 2.75) is 145 Å². The van der Waals surface area contributed by atoms with Crippen LogP contribution in [0.3, 0.4) is 0 Å². The number of hydrogen-bond donors (Lipinski definition) is 2. The Morgan fingerprint density at radius 1 is 0.795 bits per heavy atom. The summed E-state index contributed by atoms with van der Waals surface area (Å²) < 4.78 is 23.2. The first-order valence-electron chi connectivity index (χ1n) is 27.8. The van der Waals surface area contributed by atoms with Crippen LogP contribution < -0.4 is 10.2 Å². The highest BCUT2D eigenvalue weighted by Crippen LogP contribution is 2.65. The number of nitrogens with one attached hydrogen (secondary N) is 1. The number of ether oxygens (including phenoxy) is 1. The third kappa shape index (κ3) is 10.4. The van der Waals surface area contributed by atoms with Gasteiger partial charge in [0, 0.05) is 88.5 Å². The Bertz CT molecular complexity index is 2490. The highest BCUT2D eigenvalue weighted by Gasteiger charge is 2.62. The molecule has 4 saturated heterocycles. The third-order valence-electron chi connectivity index (χ3n) is 18.4. The number of aliphatic hydroxyl groups is 1. The fourth-order valence-corrected chi connectivity index (χ4v) is 14.2. The number of carbonyl (C=O) groups is 4. The van der Waals surface area contributed by atoms with Crippen LogP contribution in [0.15, 0.2) is 48.8 Å². The lowest BCUT2D eigenvalue weighted by atomic mass is 9.44. The summed E-state index contributed by atoms with van der Waals surface area (Å²) >= 11 is 6.32. The van der Waals surface area contributed by atoms with E-state index >= 15 is 4.39 Å². The molecule has 73 heavy (non-hydrogen) atoms. The van der Waals surface area contributed by atoms with Crippen LogP contribution in [-0.2, 0) is 19.1 Å². The average molecular weight is 1020 g/mol. The molecule has 0 spiro atoms. The first kappa shape index (κ1) is 50.5. The van der Waals surface area contributed by atoms with Crippen LogP contribution in [0.2, 0.25) is 5.02 Å². The van der Waals surface area contributed by atoms with Gasteiger partial charge >= 0.3 is 0 Å². The molecule has 8 fully saturated rings. The molecule has 12 rings (SSSR count). The zero-order chi connectivity index (χ0) is 50.4. The number of fused-ring (bicyclic) bond motifs is 1. The van der Waals surface area contributed by atoms with Crippen molar-refractivity contribution in [2.75, 3.05) is 76.9 Å². The van der Waals surface area contributed by atoms with Gasteiger partial charge in [0.1, 0.15) is 24.0 Å². The van der Waals surface area contributed by atoms with Crippen LogP contribution in [0.25, 0.3) is 0 Å². The quantitative estimate of drug-likeness (QED) is 0.175. The summed E-state index contributed by atoms with van der Waals surface area (Å²) in [7, 11) is 0. The molecule has 5 atom stereocenters. The molecule has 1 aromatic heterocycles. The van der Waals surface area contributed by atoms with Crippen molar-refractivity contribution < 1.29 is 33.4 Å². The highest BCUT2D eigenvalue weighted by molar-refractivity contribution is 6.30. The molecule has 2 aromatic carbocycles. The number of benzene rings is 2. The molecule has 2 bridgehead atoms. The minimum absolute atomic E-state index is 0.0124. The van der Waals surface area contributed by atoms with Crippen molar-refractivity contribution in [2.24, 2.45) is 17.3 Å². The van der Waals surface area contributed by atoms with Crippen LogP contribution in [0.1, 0.15) is 160 Å². The molecular formula is C57H74ClFN8O6. The smallest absolute Gasteiger partial charge is 0.254 e. The van der Waals surface area contributed by atoms with Gasteiger partial charge in [-0.25, -0.2) is 14.4 Å². The molecule has 9 aliphatic rings. The highest BCUT2D eigenvalue weighted by atomic mass is 35.5. The fraction of sp³-hybridized carbons (Fsp3) is 0.649. The minimum atomic E-state index is -0.730. The van der Waals surface area contributed by atoms with Gasteiger partial charge in [0.25, 0.3) is 5.91 Å². The van der Waals surface area contributed by atoms with Gasteiger partial charge in [0.2, 0.25) is 17.7 Å². The summed E-state index contributed by atoms with van der Waals surface area (Å²) in [6, 6.07) is 12.0. The van der Waals surface area contributed by atoms with Gasteiger partial charge < -0.3 is 39.7 Å². The Kier molecular flexibility index (Phi) is 14.9. The first-order valence-corrected chi connectivity index (χ1v) is 28.2. The van der Waals surface area contributed by atoms with E-state index in [-0.39, 0.29) is 64.6 Å². The van der Waals surface area contributed by atoms with Gasteiger partial charge in [-0.05, 0) is 124 Å². The largest absolute Gasteiger partial charge is 0.387 e. The SMILES string of the molecule is C[C@@H]1C[C@@H](O)c2ncnc(N3CCN(C(=O)[C@H](CN4CCC(OC5CCN(C(=O)[C@H](NC(=O)c6cccc(C7CCCN(C(=O)C89CC(C8)C9)C7)c6F)C6CCCCC6)CC5)CC4)c4ccc(Cl)cc4)CC3)c21. The molecule has 4 aliphatic heterocycles. The lowest BCUT2D eigenvalue weighted by Crippen LogP contribution is -2.62. The number of piperazine rings is 1. The van der Waals surface area contributed by atoms with E-state index in [2.05, 4.69) is 32.0 Å². The number of anilines is 1. The maximum absolute atomic E-state index is 16.5. The molecule has 16 heteroatoms. The Hall–Kier alpha value is -4.70. The van der Waals surface area contributed by atoms with E-state index in [4.69, 9.17) is 16.3 Å². The topological polar surface area (TPSA) is 152 Å². The molecule has 392 valence electrons. The van der Waals surface area contributed by atoms with Crippen LogP contribution in [0.4, 0.5) is 10.2 Å². The number of rotatable bonds is 13. The summed E-state index contributed by atoms with van der Waals surface area (Å²) in [6.07, 6.45) is 14.2. The summed E-state index contributed by atoms with van der Waals surface area (Å²) in [5, 5.41) is 14.3. The second-order valence-electron chi connectivity index (χ2n) is 23.1. The first-order chi connectivity index (χ1) is 35.4. The minimum Gasteiger partial charge on any atom is -0.387 e. The Labute approximate surface area is 434 Å². The molecule has 4 saturated carbocycles. The Morgan fingerprint density at radius 3 is 2.16 bits per heavy atom. The number of piperidine rings is 3. The molecule has 2 N–H and O–H groups in total. The van der Waals surface area contributed by atoms with Crippen LogP contribution >= 0.6 is 11.6 Å². The Morgan fingerprint density at radius 2 is 1.48 bits per heavy atom. The van der Waals surface area contributed by atoms with Crippen molar-refractivity contribution in [3.05, 3.63) is 87.6 Å². The normalized spacial score (nSPS) is 27.9. The van der Waals surface area contributed by atoms with Gasteiger partial charge in [-0.2, -0.15) is 0 Å². The number of likely N-dealkylation sites (tertiary alicyclic amines) is 3. The molecule has 4 amide bonds. The van der Waals surface area contributed by atoms with E-state index in [9.17, 15) is 24.3 Å². The van der Waals surface area contributed by atoms with Crippen molar-refractivity contribution in [3.63, 3.8) is 0 Å². The van der Waals surface area contributed by atoms with E-state index in [1.54, 1.807) is 18.5 Å². The van der Waals surface area contributed by atoms with E-state index in [1.807, 2.05) is 39.0 Å². The standard InChI is InChI=1S/C57H74ClFN8O6/c1-36-29-47(68)51-48(36)52(61-35-60-51)64-25-27-66(28-26-64)54(70)46(38-12-14-41(58)15-13-38)34-63-21-16-42(17-22-63)73-43-18-23-65(24-19-43)55(71)50(39-7-3-2-4-8-39)62-53(69)45-11-5-10-44(49(45)59)40-9-6-20-67(33-40)56(72)57-30-37(31-57)32-57/h5,10-15,35-37,39-40,42-43,46-47,50,68H,2-4,6-9,16-34H2,1H3,(H,62,69)/t36-,37?,40?,46-,47-,50-,57?/m1/s1. The molecule has 5 heterocycles. The van der Waals surface area contributed by atoms with Crippen LogP contribution in [0, 0.1) is 23.1 Å². The van der Waals surface area contributed by atoms with E-state index in [1.165, 1.54) is 6.07 Å². The molecule has 14 nitrogen and oxygen atoms in total. The van der Waals surface area contributed by atoms with Crippen LogP contribution in [-0.4, -0.2) is 149 Å². The number of hydrogen-bond acceptors (Lipinski definition) is 10. The lowest BCUT2D eigenvalue weighted by molar-refractivity contribution is -0.178. The second kappa shape index (κ2) is 21.5. The molecule has 5 aliphatic carbocycles. The van der Waals surface area contributed by atoms with Gasteiger partial charge in [0.15, 0.2) is 0 Å². The number of carbonyl (C=O) groups excluding carboxylic acids is 4. The predicted octanol–water partition coefficient (Wildman–Crippen LogP) is 7.60. The van der Waals surface area contributed by atoms with Gasteiger partial charge in [-0.1, -0.05) is 62.1 Å². The van der Waals surface area contributed by atoms with E-state index < -0.39 is 23.9 Å². The number of aromatic nitrogens is 2. The monoisotopic (exact) mass is 1020 g/mol. The fourth-order valence-electron chi connectivity index (χ4n) is 14.1. The van der Waals surface area contributed by atoms with Gasteiger partial charge in [0.05, 0.1) is 40.9 Å². The average Bonchev–Trinajstić information content (AvgIpc) is 3.69. The molecule has 1 unspecified atom stereocenters. The predicted molar refractivity (Wildman–Crippen MR) is 276 cm³/mol. The third-order valence-corrected chi connectivity index (χ3v) is 18.7. The maximum atomic E-state index is 16.5. The Balaban J connectivity index is 0.669. The van der Waals surface area contributed by atoms with Crippen LogP contribution in [0.5, 0.6) is 0 Å². The summed E-state index contributed by atoms with van der Waals surface area (Å²) in [5.74, 6) is 0.383. The van der Waals surface area contributed by atoms with E-state index in [0.717, 1.165) is 113 Å². The van der Waals surface area contributed by atoms with Crippen molar-refractivity contribution in [1.82, 2.24) is 34.9 Å². The van der Waals surface area contributed by atoms with Crippen molar-refractivity contribution in [1.29, 1.82) is 0 Å². The maximum Gasteiger partial charge on any atom is 0.254 e.